The number of hydrogen-bond acceptors (Lipinski definition) is 4. The molecule has 1 aliphatic rings. The zero-order chi connectivity index (χ0) is 19.7. The third-order valence-corrected chi connectivity index (χ3v) is 6.86. The molecule has 1 amide bonds. The summed E-state index contributed by atoms with van der Waals surface area (Å²) in [6, 6.07) is 16.9. The summed E-state index contributed by atoms with van der Waals surface area (Å²) >= 11 is 1.62. The number of rotatable bonds is 4. The van der Waals surface area contributed by atoms with E-state index in [9.17, 15) is 13.2 Å². The minimum Gasteiger partial charge on any atom is -0.321 e. The van der Waals surface area contributed by atoms with Gasteiger partial charge in [-0.25, -0.2) is 8.42 Å². The molecule has 0 radical (unpaired) electrons. The normalized spacial score (nSPS) is 13.8. The maximum atomic E-state index is 12.9. The number of carbonyl (C=O) groups excluding carboxylic acids is 1. The average molecular weight is 413 g/mol. The van der Waals surface area contributed by atoms with Crippen molar-refractivity contribution in [2.24, 2.45) is 0 Å². The van der Waals surface area contributed by atoms with Crippen LogP contribution in [0.15, 0.2) is 60.0 Å². The maximum Gasteiger partial charge on any atom is 0.255 e. The largest absolute Gasteiger partial charge is 0.321 e. The zero-order valence-electron chi connectivity index (χ0n) is 15.4. The zero-order valence-corrected chi connectivity index (χ0v) is 17.0. The summed E-state index contributed by atoms with van der Waals surface area (Å²) in [7, 11) is -3.32. The summed E-state index contributed by atoms with van der Waals surface area (Å²) < 4.78 is 25.4. The van der Waals surface area contributed by atoms with Gasteiger partial charge in [0.1, 0.15) is 0 Å². The molecule has 0 atom stereocenters. The van der Waals surface area contributed by atoms with Gasteiger partial charge in [-0.2, -0.15) is 0 Å². The van der Waals surface area contributed by atoms with Gasteiger partial charge in [-0.15, -0.1) is 11.3 Å². The van der Waals surface area contributed by atoms with Crippen molar-refractivity contribution in [3.05, 3.63) is 71.1 Å². The second-order valence-electron chi connectivity index (χ2n) is 6.76. The van der Waals surface area contributed by atoms with E-state index in [2.05, 4.69) is 5.32 Å². The number of thiophene rings is 1. The van der Waals surface area contributed by atoms with E-state index in [-0.39, 0.29) is 5.91 Å². The topological polar surface area (TPSA) is 66.5 Å². The van der Waals surface area contributed by atoms with Gasteiger partial charge in [0.25, 0.3) is 5.91 Å². The first-order valence-corrected chi connectivity index (χ1v) is 11.7. The van der Waals surface area contributed by atoms with E-state index in [4.69, 9.17) is 0 Å². The van der Waals surface area contributed by atoms with Gasteiger partial charge in [-0.1, -0.05) is 24.3 Å². The summed E-state index contributed by atoms with van der Waals surface area (Å²) in [5, 5.41) is 5.00. The summed E-state index contributed by atoms with van der Waals surface area (Å²) in [5.74, 6) is -0.205. The highest BCUT2D eigenvalue weighted by molar-refractivity contribution is 7.92. The second kappa shape index (κ2) is 7.41. The number of sulfonamides is 1. The number of para-hydroxylation sites is 1. The van der Waals surface area contributed by atoms with Crippen LogP contribution in [0.25, 0.3) is 10.4 Å². The van der Waals surface area contributed by atoms with Crippen LogP contribution < -0.4 is 9.62 Å². The Bertz CT molecular complexity index is 1120. The fourth-order valence-corrected chi connectivity index (χ4v) is 5.24. The van der Waals surface area contributed by atoms with Gasteiger partial charge in [0.15, 0.2) is 0 Å². The third-order valence-electron chi connectivity index (χ3n) is 4.78. The van der Waals surface area contributed by atoms with E-state index in [0.29, 0.717) is 17.8 Å². The van der Waals surface area contributed by atoms with Crippen LogP contribution in [0.4, 0.5) is 11.4 Å². The van der Waals surface area contributed by atoms with Gasteiger partial charge >= 0.3 is 0 Å². The summed E-state index contributed by atoms with van der Waals surface area (Å²) in [5.41, 5.74) is 3.81. The van der Waals surface area contributed by atoms with Crippen LogP contribution in [0.5, 0.6) is 0 Å². The number of nitrogens with one attached hydrogen (secondary N) is 1. The number of nitrogens with zero attached hydrogens (tertiary/aromatic N) is 1. The van der Waals surface area contributed by atoms with Crippen LogP contribution in [0.3, 0.4) is 0 Å². The molecule has 0 unspecified atom stereocenters. The molecular formula is C21H20N2O3S2. The van der Waals surface area contributed by atoms with E-state index in [0.717, 1.165) is 34.5 Å². The number of aryl methyl sites for hydroxylation is 1. The minimum absolute atomic E-state index is 0.205. The molecule has 28 heavy (non-hydrogen) atoms. The standard InChI is InChI=1S/C21H20N2O3S2/c1-28(25,26)23-12-4-6-15-14-16(10-11-19(15)23)21(24)22-18-8-3-2-7-17(18)20-9-5-13-27-20/h2-3,5,7-11,13-14H,4,6,12H2,1H3,(H,22,24). The molecule has 1 aromatic heterocycles. The predicted molar refractivity (Wildman–Crippen MR) is 115 cm³/mol. The number of anilines is 2. The number of amides is 1. The van der Waals surface area contributed by atoms with Crippen molar-refractivity contribution in [1.29, 1.82) is 0 Å². The molecule has 5 nitrogen and oxygen atoms in total. The van der Waals surface area contributed by atoms with Crippen molar-refractivity contribution in [2.75, 3.05) is 22.4 Å². The van der Waals surface area contributed by atoms with E-state index in [1.54, 1.807) is 29.5 Å². The fourth-order valence-electron chi connectivity index (χ4n) is 3.48. The molecular weight excluding hydrogens is 392 g/mol. The van der Waals surface area contributed by atoms with Gasteiger partial charge in [-0.05, 0) is 54.1 Å². The Morgan fingerprint density at radius 2 is 1.93 bits per heavy atom. The summed E-state index contributed by atoms with van der Waals surface area (Å²) in [6.07, 6.45) is 2.71. The van der Waals surface area contributed by atoms with Gasteiger partial charge in [0.05, 0.1) is 11.9 Å². The molecule has 2 heterocycles. The lowest BCUT2D eigenvalue weighted by atomic mass is 10.0. The van der Waals surface area contributed by atoms with Crippen LogP contribution in [0.1, 0.15) is 22.3 Å². The molecule has 4 rings (SSSR count). The number of hydrogen-bond donors (Lipinski definition) is 1. The Labute approximate surface area is 168 Å². The number of fused-ring (bicyclic) bond motifs is 1. The Balaban J connectivity index is 1.63. The van der Waals surface area contributed by atoms with Gasteiger partial charge in [-0.3, -0.25) is 9.10 Å². The monoisotopic (exact) mass is 412 g/mol. The van der Waals surface area contributed by atoms with Crippen molar-refractivity contribution in [2.45, 2.75) is 12.8 Å². The SMILES string of the molecule is CS(=O)(=O)N1CCCc2cc(C(=O)Nc3ccccc3-c3cccs3)ccc21. The number of benzene rings is 2. The average Bonchev–Trinajstić information content (AvgIpc) is 3.21. The van der Waals surface area contributed by atoms with Crippen molar-refractivity contribution in [3.63, 3.8) is 0 Å². The van der Waals surface area contributed by atoms with Gasteiger partial charge < -0.3 is 5.32 Å². The molecule has 3 aromatic rings. The summed E-state index contributed by atoms with van der Waals surface area (Å²) in [6.45, 7) is 0.478. The molecule has 0 saturated carbocycles. The molecule has 0 saturated heterocycles. The van der Waals surface area contributed by atoms with Crippen molar-refractivity contribution in [1.82, 2.24) is 0 Å². The van der Waals surface area contributed by atoms with Crippen LogP contribution >= 0.6 is 11.3 Å². The molecule has 0 fully saturated rings. The second-order valence-corrected chi connectivity index (χ2v) is 9.61. The minimum atomic E-state index is -3.32. The lowest BCUT2D eigenvalue weighted by Gasteiger charge is -2.29. The van der Waals surface area contributed by atoms with Gasteiger partial charge in [0.2, 0.25) is 10.0 Å². The first kappa shape index (κ1) is 18.7. The van der Waals surface area contributed by atoms with Gasteiger partial charge in [0, 0.05) is 28.2 Å². The molecule has 2 aromatic carbocycles. The highest BCUT2D eigenvalue weighted by Crippen LogP contribution is 2.33. The quantitative estimate of drug-likeness (QED) is 0.692. The van der Waals surface area contributed by atoms with Crippen molar-refractivity contribution in [3.8, 4) is 10.4 Å². The molecule has 7 heteroatoms. The van der Waals surface area contributed by atoms with E-state index in [1.165, 1.54) is 10.6 Å². The van der Waals surface area contributed by atoms with Crippen molar-refractivity contribution < 1.29 is 13.2 Å². The molecule has 0 aliphatic carbocycles. The highest BCUT2D eigenvalue weighted by Gasteiger charge is 2.24. The molecule has 0 bridgehead atoms. The molecule has 0 spiro atoms. The van der Waals surface area contributed by atoms with Crippen LogP contribution in [0.2, 0.25) is 0 Å². The summed E-state index contributed by atoms with van der Waals surface area (Å²) in [4.78, 5) is 13.9. The van der Waals surface area contributed by atoms with E-state index >= 15 is 0 Å². The smallest absolute Gasteiger partial charge is 0.255 e. The maximum absolute atomic E-state index is 12.9. The first-order valence-electron chi connectivity index (χ1n) is 8.98. The van der Waals surface area contributed by atoms with E-state index in [1.807, 2.05) is 41.8 Å². The predicted octanol–water partition coefficient (Wildman–Crippen LogP) is 4.38. The Morgan fingerprint density at radius 3 is 2.68 bits per heavy atom. The Kier molecular flexibility index (Phi) is 4.95. The Hall–Kier alpha value is -2.64. The van der Waals surface area contributed by atoms with Crippen molar-refractivity contribution >= 4 is 38.6 Å². The molecule has 144 valence electrons. The lowest BCUT2D eigenvalue weighted by molar-refractivity contribution is 0.102. The lowest BCUT2D eigenvalue weighted by Crippen LogP contribution is -2.34. The fraction of sp³-hybridized carbons (Fsp3) is 0.190. The third kappa shape index (κ3) is 3.68. The van der Waals surface area contributed by atoms with Crippen LogP contribution in [-0.4, -0.2) is 27.1 Å². The number of carbonyl (C=O) groups is 1. The molecule has 1 aliphatic heterocycles. The molecule has 1 N–H and O–H groups in total. The van der Waals surface area contributed by atoms with E-state index < -0.39 is 10.0 Å². The van der Waals surface area contributed by atoms with Crippen LogP contribution in [0, 0.1) is 0 Å². The highest BCUT2D eigenvalue weighted by atomic mass is 32.2. The first-order chi connectivity index (χ1) is 13.4. The van der Waals surface area contributed by atoms with Crippen LogP contribution in [-0.2, 0) is 16.4 Å². The Morgan fingerprint density at radius 1 is 1.11 bits per heavy atom.